The molecule has 0 bridgehead atoms. The zero-order valence-corrected chi connectivity index (χ0v) is 31.1. The van der Waals surface area contributed by atoms with Gasteiger partial charge in [0.05, 0.1) is 12.9 Å². The van der Waals surface area contributed by atoms with Crippen LogP contribution in [0.3, 0.4) is 0 Å². The van der Waals surface area contributed by atoms with E-state index in [1.165, 1.54) is 56.3 Å². The predicted molar refractivity (Wildman–Crippen MR) is 194 cm³/mol. The van der Waals surface area contributed by atoms with Crippen LogP contribution < -0.4 is 10.8 Å². The Bertz CT molecular complexity index is 1740. The highest BCUT2D eigenvalue weighted by Crippen LogP contribution is 2.49. The Labute approximate surface area is 308 Å². The molecule has 1 saturated heterocycles. The van der Waals surface area contributed by atoms with Gasteiger partial charge >= 0.3 is 25.8 Å². The van der Waals surface area contributed by atoms with Gasteiger partial charge in [0.2, 0.25) is 0 Å². The van der Waals surface area contributed by atoms with Gasteiger partial charge in [0, 0.05) is 6.42 Å². The molecule has 0 spiro atoms. The zero-order valence-electron chi connectivity index (χ0n) is 30.2. The fourth-order valence-corrected chi connectivity index (χ4v) is 7.63. The lowest BCUT2D eigenvalue weighted by Gasteiger charge is -2.30. The van der Waals surface area contributed by atoms with Gasteiger partial charge in [0.15, 0.2) is 28.7 Å². The Balaban J connectivity index is 1.42. The minimum absolute atomic E-state index is 0.0213. The summed E-state index contributed by atoms with van der Waals surface area (Å²) in [6, 6.07) is 7.09. The monoisotopic (exact) mass is 760 g/mol. The molecule has 3 heterocycles. The molecule has 3 aromatic rings. The number of nitrogen functional groups attached to an aromatic ring is 1. The number of hydrogen-bond donors (Lipinski definition) is 4. The van der Waals surface area contributed by atoms with E-state index in [1.54, 1.807) is 30.3 Å². The minimum atomic E-state index is -4.74. The molecule has 17 heteroatoms. The first kappa shape index (κ1) is 41.8. The number of aromatic nitrogens is 4. The number of rotatable bonds is 23. The van der Waals surface area contributed by atoms with Crippen LogP contribution in [0.2, 0.25) is 0 Å². The van der Waals surface area contributed by atoms with Crippen LogP contribution in [0.15, 0.2) is 36.7 Å². The van der Waals surface area contributed by atoms with Gasteiger partial charge in [0.25, 0.3) is 0 Å². The highest BCUT2D eigenvalue weighted by Gasteiger charge is 2.50. The zero-order chi connectivity index (χ0) is 38.4. The van der Waals surface area contributed by atoms with Crippen molar-refractivity contribution in [1.82, 2.24) is 24.6 Å². The maximum Gasteiger partial charge on any atom is 0.407 e. The van der Waals surface area contributed by atoms with Crippen LogP contribution in [0.25, 0.3) is 11.2 Å². The lowest BCUT2D eigenvalue weighted by Crippen LogP contribution is -2.44. The van der Waals surface area contributed by atoms with Crippen molar-refractivity contribution in [3.63, 3.8) is 0 Å². The molecule has 4 rings (SSSR count). The number of nitrogens with zero attached hydrogens (tertiary/aromatic N) is 4. The first-order valence-corrected chi connectivity index (χ1v) is 19.6. The van der Waals surface area contributed by atoms with Gasteiger partial charge in [-0.15, -0.1) is 6.42 Å². The van der Waals surface area contributed by atoms with Gasteiger partial charge in [-0.2, -0.15) is 14.4 Å². The number of aliphatic carboxylic acids is 1. The molecule has 0 radical (unpaired) electrons. The Kier molecular flexibility index (Phi) is 15.7. The Morgan fingerprint density at radius 2 is 1.81 bits per heavy atom. The number of halogens is 1. The van der Waals surface area contributed by atoms with E-state index in [4.69, 9.17) is 30.7 Å². The number of unbranched alkanes of at least 4 members (excludes halogenated alkanes) is 9. The van der Waals surface area contributed by atoms with E-state index < -0.39 is 62.4 Å². The maximum atomic E-state index is 14.4. The van der Waals surface area contributed by atoms with Crippen LogP contribution in [0.4, 0.5) is 10.2 Å². The average Bonchev–Trinajstić information content (AvgIpc) is 3.70. The maximum absolute atomic E-state index is 14.4. The second kappa shape index (κ2) is 19.9. The van der Waals surface area contributed by atoms with Crippen molar-refractivity contribution < 1.29 is 47.3 Å². The number of benzene rings is 1. The van der Waals surface area contributed by atoms with E-state index in [1.807, 2.05) is 0 Å². The Morgan fingerprint density at radius 1 is 1.15 bits per heavy atom. The number of nitrogens with one attached hydrogen (secondary N) is 1. The summed E-state index contributed by atoms with van der Waals surface area (Å²) in [5.74, 6) is -0.0661. The molecule has 2 aromatic heterocycles. The Morgan fingerprint density at radius 3 is 2.45 bits per heavy atom. The number of esters is 1. The summed E-state index contributed by atoms with van der Waals surface area (Å²) < 4.78 is 52.4. The molecule has 0 amide bonds. The number of aliphatic hydroxyl groups is 1. The Hall–Kier alpha value is -3.97. The number of anilines is 1. The third-order valence-electron chi connectivity index (χ3n) is 9.00. The van der Waals surface area contributed by atoms with Gasteiger partial charge in [-0.05, 0) is 25.3 Å². The van der Waals surface area contributed by atoms with Gasteiger partial charge in [0.1, 0.15) is 25.0 Å². The molecule has 6 atom stereocenters. The topological polar surface area (TPSA) is 210 Å². The third kappa shape index (κ3) is 11.8. The van der Waals surface area contributed by atoms with E-state index >= 15 is 0 Å². The van der Waals surface area contributed by atoms with E-state index in [0.717, 1.165) is 19.3 Å². The molecular formula is C36H50FN6O9P. The predicted octanol–water partition coefficient (Wildman–Crippen LogP) is 5.48. The van der Waals surface area contributed by atoms with Gasteiger partial charge < -0.3 is 25.4 Å². The molecule has 1 aliphatic rings. The number of ether oxygens (including phenoxy) is 2. The van der Waals surface area contributed by atoms with Crippen molar-refractivity contribution in [2.45, 2.75) is 121 Å². The number of nitrogens with two attached hydrogens (primary N) is 1. The van der Waals surface area contributed by atoms with Crippen molar-refractivity contribution in [2.75, 3.05) is 18.9 Å². The quantitative estimate of drug-likeness (QED) is 0.0310. The highest BCUT2D eigenvalue weighted by molar-refractivity contribution is 7.51. The van der Waals surface area contributed by atoms with Crippen molar-refractivity contribution in [1.29, 1.82) is 0 Å². The van der Waals surface area contributed by atoms with E-state index in [0.29, 0.717) is 12.0 Å². The molecule has 0 aliphatic carbocycles. The minimum Gasteiger partial charge on any atom is -0.480 e. The molecule has 53 heavy (non-hydrogen) atoms. The van der Waals surface area contributed by atoms with E-state index in [9.17, 15) is 28.8 Å². The number of carbonyl (C=O) groups is 2. The van der Waals surface area contributed by atoms with E-state index in [2.05, 4.69) is 32.9 Å². The number of fused-ring (bicyclic) bond motifs is 1. The summed E-state index contributed by atoms with van der Waals surface area (Å²) in [4.78, 5) is 36.6. The second-order valence-corrected chi connectivity index (χ2v) is 14.9. The fraction of sp³-hybridized carbons (Fsp3) is 0.583. The number of carboxylic acids is 1. The van der Waals surface area contributed by atoms with Crippen molar-refractivity contribution in [3.8, 4) is 12.3 Å². The third-order valence-corrected chi connectivity index (χ3v) is 10.7. The molecular weight excluding hydrogens is 710 g/mol. The number of hydrogen-bond acceptors (Lipinski definition) is 12. The van der Waals surface area contributed by atoms with Crippen LogP contribution in [0, 0.1) is 18.4 Å². The lowest BCUT2D eigenvalue weighted by atomic mass is 9.99. The van der Waals surface area contributed by atoms with Crippen molar-refractivity contribution in [3.05, 3.63) is 48.3 Å². The van der Waals surface area contributed by atoms with Gasteiger partial charge in [-0.25, -0.2) is 19.4 Å². The summed E-state index contributed by atoms with van der Waals surface area (Å²) in [5, 5.41) is 23.6. The SMILES string of the molecule is C#C[C@]1(CO[P@](=O)(N[C@@H](Cc2ccccc2)C(=O)O)O[C@@H](C)C(=O)OCCCCCCCCCCCC)O[C@@H](n2cnc3c(N)nc(F)nc32)C[C@@H]1O. The molecule has 290 valence electrons. The molecule has 0 saturated carbocycles. The number of imidazole rings is 1. The van der Waals surface area contributed by atoms with Crippen LogP contribution in [-0.4, -0.2) is 78.7 Å². The molecule has 5 N–H and O–H groups in total. The first-order valence-electron chi connectivity index (χ1n) is 18.0. The summed E-state index contributed by atoms with van der Waals surface area (Å²) in [6.07, 6.45) is 12.8. The second-order valence-electron chi connectivity index (χ2n) is 13.1. The summed E-state index contributed by atoms with van der Waals surface area (Å²) in [5.41, 5.74) is 4.49. The van der Waals surface area contributed by atoms with Gasteiger partial charge in [-0.1, -0.05) is 101 Å². The molecule has 0 unspecified atom stereocenters. The molecule has 1 aromatic carbocycles. The summed E-state index contributed by atoms with van der Waals surface area (Å²) >= 11 is 0. The smallest absolute Gasteiger partial charge is 0.407 e. The van der Waals surface area contributed by atoms with Crippen LogP contribution in [-0.2, 0) is 39.1 Å². The summed E-state index contributed by atoms with van der Waals surface area (Å²) in [6.45, 7) is 2.84. The largest absolute Gasteiger partial charge is 0.480 e. The standard InChI is InChI=1S/C36H50FN6O9P/c1-4-6-7-8-9-10-11-12-13-17-20-49-34(47)25(3)52-53(48,42-27(33(45)46)21-26-18-15-14-16-19-26)50-23-36(5-2)28(44)22-29(51-36)43-24-39-30-31(38)40-35(37)41-32(30)43/h2,14-16,18-19,24-25,27-29,44H,4,6-13,17,20-23H2,1,3H3,(H,42,48)(H,45,46)(H2,38,40,41)/t25-,27-,28-,29+,36+,53+/m0/s1. The van der Waals surface area contributed by atoms with Crippen LogP contribution in [0.5, 0.6) is 0 Å². The van der Waals surface area contributed by atoms with Crippen molar-refractivity contribution >= 4 is 36.7 Å². The molecule has 15 nitrogen and oxygen atoms in total. The van der Waals surface area contributed by atoms with Crippen LogP contribution >= 0.6 is 7.75 Å². The lowest BCUT2D eigenvalue weighted by molar-refractivity contribution is -0.152. The normalized spacial score (nSPS) is 20.8. The van der Waals surface area contributed by atoms with Crippen molar-refractivity contribution in [2.24, 2.45) is 0 Å². The summed E-state index contributed by atoms with van der Waals surface area (Å²) in [7, 11) is -4.74. The molecule has 1 aliphatic heterocycles. The first-order chi connectivity index (χ1) is 25.4. The highest BCUT2D eigenvalue weighted by atomic mass is 31.2. The fourth-order valence-electron chi connectivity index (χ4n) is 5.98. The van der Waals surface area contributed by atoms with Crippen LogP contribution in [0.1, 0.15) is 96.3 Å². The number of aliphatic hydroxyl groups excluding tert-OH is 1. The number of carboxylic acid groups (broad SMARTS) is 1. The molecule has 1 fully saturated rings. The van der Waals surface area contributed by atoms with Gasteiger partial charge in [-0.3, -0.25) is 18.4 Å². The van der Waals surface area contributed by atoms with E-state index in [-0.39, 0.29) is 36.4 Å². The number of carbonyl (C=O) groups excluding carboxylic acids is 1. The average molecular weight is 761 g/mol. The number of terminal acetylenes is 1.